The summed E-state index contributed by atoms with van der Waals surface area (Å²) in [5, 5.41) is 7.60. The molecule has 75 valence electrons. The van der Waals surface area contributed by atoms with Gasteiger partial charge in [-0.3, -0.25) is 0 Å². The van der Waals surface area contributed by atoms with Gasteiger partial charge in [-0.1, -0.05) is 0 Å². The zero-order valence-corrected chi connectivity index (χ0v) is 10.3. The first-order valence-electron chi connectivity index (χ1n) is 5.09. The van der Waals surface area contributed by atoms with Crippen molar-refractivity contribution < 1.29 is 0 Å². The standard InChI is InChI=1S/C12H16NSe/c1-2-3-4-7-10-8-5-6-9-11(10)12(13)14/h5-6,8-9,13H,2-4,7H2,1H3. The summed E-state index contributed by atoms with van der Waals surface area (Å²) in [6.07, 6.45) is 4.84. The van der Waals surface area contributed by atoms with E-state index in [0.29, 0.717) is 4.61 Å². The van der Waals surface area contributed by atoms with Crippen LogP contribution < -0.4 is 0 Å². The summed E-state index contributed by atoms with van der Waals surface area (Å²) < 4.78 is 0.553. The quantitative estimate of drug-likeness (QED) is 0.474. The van der Waals surface area contributed by atoms with Gasteiger partial charge in [-0.05, 0) is 0 Å². The number of rotatable bonds is 5. The molecule has 0 aliphatic rings. The van der Waals surface area contributed by atoms with Crippen LogP contribution in [0.2, 0.25) is 0 Å². The van der Waals surface area contributed by atoms with Gasteiger partial charge in [0.2, 0.25) is 0 Å². The summed E-state index contributed by atoms with van der Waals surface area (Å²) in [6, 6.07) is 8.18. The van der Waals surface area contributed by atoms with Gasteiger partial charge < -0.3 is 0 Å². The van der Waals surface area contributed by atoms with Crippen molar-refractivity contribution in [3.63, 3.8) is 0 Å². The number of aryl methyl sites for hydroxylation is 1. The monoisotopic (exact) mass is 254 g/mol. The van der Waals surface area contributed by atoms with Crippen LogP contribution in [0.3, 0.4) is 0 Å². The van der Waals surface area contributed by atoms with Crippen LogP contribution in [0.15, 0.2) is 24.3 Å². The average Bonchev–Trinajstić information content (AvgIpc) is 2.19. The van der Waals surface area contributed by atoms with Crippen LogP contribution in [0.25, 0.3) is 0 Å². The topological polar surface area (TPSA) is 23.9 Å². The van der Waals surface area contributed by atoms with Crippen molar-refractivity contribution in [3.05, 3.63) is 35.4 Å². The Morgan fingerprint density at radius 3 is 2.64 bits per heavy atom. The Bertz CT molecular complexity index is 307. The Labute approximate surface area is 94.2 Å². The average molecular weight is 253 g/mol. The number of benzene rings is 1. The van der Waals surface area contributed by atoms with Crippen molar-refractivity contribution in [3.8, 4) is 0 Å². The molecule has 0 aromatic heterocycles. The molecule has 1 rings (SSSR count). The first kappa shape index (κ1) is 11.5. The maximum atomic E-state index is 7.60. The van der Waals surface area contributed by atoms with Crippen LogP contribution in [0.5, 0.6) is 0 Å². The summed E-state index contributed by atoms with van der Waals surface area (Å²) in [5.74, 6) is 0. The molecule has 0 amide bonds. The molecular weight excluding hydrogens is 237 g/mol. The van der Waals surface area contributed by atoms with Crippen LogP contribution in [0.1, 0.15) is 37.3 Å². The van der Waals surface area contributed by atoms with Crippen LogP contribution in [-0.4, -0.2) is 20.6 Å². The molecule has 0 spiro atoms. The van der Waals surface area contributed by atoms with Crippen molar-refractivity contribution in [2.45, 2.75) is 32.6 Å². The van der Waals surface area contributed by atoms with E-state index in [0.717, 1.165) is 12.0 Å². The molecule has 0 aliphatic heterocycles. The van der Waals surface area contributed by atoms with Gasteiger partial charge >= 0.3 is 94.0 Å². The van der Waals surface area contributed by atoms with Gasteiger partial charge in [0.25, 0.3) is 0 Å². The van der Waals surface area contributed by atoms with Gasteiger partial charge in [-0.25, -0.2) is 0 Å². The summed E-state index contributed by atoms with van der Waals surface area (Å²) in [4.78, 5) is 0. The molecule has 0 bridgehead atoms. The molecule has 1 aromatic carbocycles. The van der Waals surface area contributed by atoms with Crippen LogP contribution in [-0.2, 0) is 6.42 Å². The third-order valence-corrected chi connectivity index (χ3v) is 2.77. The van der Waals surface area contributed by atoms with E-state index in [1.807, 2.05) is 18.2 Å². The minimum atomic E-state index is 0.553. The van der Waals surface area contributed by atoms with Gasteiger partial charge in [-0.15, -0.1) is 0 Å². The molecule has 0 fully saturated rings. The fraction of sp³-hybridized carbons (Fsp3) is 0.417. The molecular formula is C12H16NSe. The third kappa shape index (κ3) is 3.28. The fourth-order valence-electron chi connectivity index (χ4n) is 1.53. The van der Waals surface area contributed by atoms with Crippen LogP contribution in [0, 0.1) is 5.41 Å². The Balaban J connectivity index is 2.69. The number of hydrogen-bond acceptors (Lipinski definition) is 1. The molecule has 0 saturated carbocycles. The Kier molecular flexibility index (Phi) is 4.92. The van der Waals surface area contributed by atoms with E-state index in [9.17, 15) is 0 Å². The van der Waals surface area contributed by atoms with E-state index in [1.165, 1.54) is 24.8 Å². The van der Waals surface area contributed by atoms with E-state index in [4.69, 9.17) is 5.41 Å². The second-order valence-electron chi connectivity index (χ2n) is 3.44. The SMILES string of the molecule is CCCCCc1ccccc1C(=N)[Se]. The predicted octanol–water partition coefficient (Wildman–Crippen LogP) is 2.91. The normalized spacial score (nSPS) is 10.1. The van der Waals surface area contributed by atoms with Crippen molar-refractivity contribution in [2.75, 3.05) is 0 Å². The predicted molar refractivity (Wildman–Crippen MR) is 62.3 cm³/mol. The zero-order valence-electron chi connectivity index (χ0n) is 8.55. The van der Waals surface area contributed by atoms with Gasteiger partial charge in [0.1, 0.15) is 0 Å². The summed E-state index contributed by atoms with van der Waals surface area (Å²) in [7, 11) is 0. The molecule has 1 radical (unpaired) electrons. The first-order chi connectivity index (χ1) is 6.75. The fourth-order valence-corrected chi connectivity index (χ4v) is 1.94. The molecule has 0 saturated heterocycles. The third-order valence-electron chi connectivity index (χ3n) is 2.31. The molecule has 2 heteroatoms. The minimum absolute atomic E-state index is 0.553. The van der Waals surface area contributed by atoms with Gasteiger partial charge in [0.05, 0.1) is 0 Å². The molecule has 0 unspecified atom stereocenters. The van der Waals surface area contributed by atoms with Crippen molar-refractivity contribution in [1.82, 2.24) is 0 Å². The molecule has 1 nitrogen and oxygen atoms in total. The zero-order chi connectivity index (χ0) is 10.4. The van der Waals surface area contributed by atoms with Crippen molar-refractivity contribution in [1.29, 1.82) is 5.41 Å². The summed E-state index contributed by atoms with van der Waals surface area (Å²) in [6.45, 7) is 2.21. The number of hydrogen-bond donors (Lipinski definition) is 1. The molecule has 0 atom stereocenters. The van der Waals surface area contributed by atoms with E-state index in [-0.39, 0.29) is 0 Å². The van der Waals surface area contributed by atoms with Gasteiger partial charge in [0, 0.05) is 0 Å². The molecule has 0 aliphatic carbocycles. The number of nitrogens with one attached hydrogen (secondary N) is 1. The van der Waals surface area contributed by atoms with E-state index in [1.54, 1.807) is 0 Å². The van der Waals surface area contributed by atoms with E-state index >= 15 is 0 Å². The van der Waals surface area contributed by atoms with Crippen LogP contribution in [0.4, 0.5) is 0 Å². The molecule has 14 heavy (non-hydrogen) atoms. The molecule has 1 aromatic rings. The Hall–Kier alpha value is -0.591. The van der Waals surface area contributed by atoms with Gasteiger partial charge in [0.15, 0.2) is 0 Å². The summed E-state index contributed by atoms with van der Waals surface area (Å²) >= 11 is 2.77. The van der Waals surface area contributed by atoms with E-state index < -0.39 is 0 Å². The summed E-state index contributed by atoms with van der Waals surface area (Å²) in [5.41, 5.74) is 2.35. The second kappa shape index (κ2) is 6.00. The maximum absolute atomic E-state index is 7.60. The Morgan fingerprint density at radius 2 is 2.00 bits per heavy atom. The van der Waals surface area contributed by atoms with Crippen molar-refractivity contribution in [2.24, 2.45) is 0 Å². The molecule has 0 heterocycles. The molecule has 1 N–H and O–H groups in total. The van der Waals surface area contributed by atoms with Gasteiger partial charge in [-0.2, -0.15) is 0 Å². The van der Waals surface area contributed by atoms with Crippen molar-refractivity contribution >= 4 is 20.6 Å². The Morgan fingerprint density at radius 1 is 1.29 bits per heavy atom. The number of unbranched alkanes of at least 4 members (excludes halogenated alkanes) is 2. The first-order valence-corrected chi connectivity index (χ1v) is 5.95. The second-order valence-corrected chi connectivity index (χ2v) is 4.30. The van der Waals surface area contributed by atoms with E-state index in [2.05, 4.69) is 29.0 Å². The van der Waals surface area contributed by atoms with Crippen LogP contribution >= 0.6 is 0 Å².